The maximum Gasteiger partial charge on any atom is 0.168 e. The van der Waals surface area contributed by atoms with Crippen LogP contribution in [0, 0.1) is 0 Å². The molecule has 3 nitrogen and oxygen atoms in total. The molecular formula is C4H9ClN2O. The first-order chi connectivity index (χ1) is 3.63. The van der Waals surface area contributed by atoms with Crippen molar-refractivity contribution in [1.29, 1.82) is 0 Å². The Kier molecular flexibility index (Phi) is 1.45. The summed E-state index contributed by atoms with van der Waals surface area (Å²) in [5, 5.41) is 8.81. The standard InChI is InChI=1S/C4H9ClN2O/c5-4(6)2-1-3-7(4)8/h8H,1-3,6H2. The zero-order chi connectivity index (χ0) is 6.20. The minimum Gasteiger partial charge on any atom is -0.311 e. The van der Waals surface area contributed by atoms with E-state index in [1.54, 1.807) is 0 Å². The molecule has 4 heteroatoms. The van der Waals surface area contributed by atoms with Crippen molar-refractivity contribution in [2.75, 3.05) is 6.54 Å². The van der Waals surface area contributed by atoms with E-state index in [1.165, 1.54) is 0 Å². The normalized spacial score (nSPS) is 40.9. The average Bonchev–Trinajstić information content (AvgIpc) is 1.86. The molecule has 1 aliphatic heterocycles. The van der Waals surface area contributed by atoms with Crippen molar-refractivity contribution in [3.63, 3.8) is 0 Å². The van der Waals surface area contributed by atoms with Gasteiger partial charge in [-0.15, -0.1) is 0 Å². The molecular weight excluding hydrogens is 128 g/mol. The third-order valence-corrected chi connectivity index (χ3v) is 1.71. The summed E-state index contributed by atoms with van der Waals surface area (Å²) in [7, 11) is 0. The molecule has 1 unspecified atom stereocenters. The third-order valence-electron chi connectivity index (χ3n) is 1.33. The summed E-state index contributed by atoms with van der Waals surface area (Å²) in [6, 6.07) is 0. The Labute approximate surface area is 53.0 Å². The summed E-state index contributed by atoms with van der Waals surface area (Å²) in [6.45, 7) is 0.583. The van der Waals surface area contributed by atoms with E-state index < -0.39 is 5.12 Å². The van der Waals surface area contributed by atoms with Gasteiger partial charge in [-0.05, 0) is 12.8 Å². The Balaban J connectivity index is 2.54. The number of alkyl halides is 1. The zero-order valence-electron chi connectivity index (χ0n) is 4.47. The number of nitrogens with zero attached hydrogens (tertiary/aromatic N) is 1. The largest absolute Gasteiger partial charge is 0.311 e. The van der Waals surface area contributed by atoms with Gasteiger partial charge in [-0.25, -0.2) is 0 Å². The first-order valence-electron chi connectivity index (χ1n) is 2.57. The SMILES string of the molecule is NC1(Cl)CCCN1O. The molecule has 48 valence electrons. The predicted molar refractivity (Wildman–Crippen MR) is 30.5 cm³/mol. The molecule has 0 aromatic carbocycles. The number of nitrogens with two attached hydrogens (primary N) is 1. The molecule has 1 saturated heterocycles. The Morgan fingerprint density at radius 2 is 2.38 bits per heavy atom. The lowest BCUT2D eigenvalue weighted by molar-refractivity contribution is -0.116. The van der Waals surface area contributed by atoms with Crippen LogP contribution in [0.15, 0.2) is 0 Å². The second kappa shape index (κ2) is 1.84. The van der Waals surface area contributed by atoms with Crippen LogP contribution in [0.1, 0.15) is 12.8 Å². The highest BCUT2D eigenvalue weighted by atomic mass is 35.5. The zero-order valence-corrected chi connectivity index (χ0v) is 5.23. The molecule has 0 bridgehead atoms. The van der Waals surface area contributed by atoms with Gasteiger partial charge in [0.05, 0.1) is 0 Å². The maximum atomic E-state index is 8.83. The molecule has 0 radical (unpaired) electrons. The molecule has 0 aromatic rings. The van der Waals surface area contributed by atoms with Crippen LogP contribution < -0.4 is 5.73 Å². The van der Waals surface area contributed by atoms with Crippen molar-refractivity contribution < 1.29 is 5.21 Å². The molecule has 1 fully saturated rings. The summed E-state index contributed by atoms with van der Waals surface area (Å²) < 4.78 is 0. The van der Waals surface area contributed by atoms with Crippen molar-refractivity contribution in [3.8, 4) is 0 Å². The molecule has 1 aliphatic rings. The van der Waals surface area contributed by atoms with Gasteiger partial charge in [0.1, 0.15) is 0 Å². The van der Waals surface area contributed by atoms with Gasteiger partial charge in [-0.1, -0.05) is 11.6 Å². The summed E-state index contributed by atoms with van der Waals surface area (Å²) >= 11 is 5.57. The summed E-state index contributed by atoms with van der Waals surface area (Å²) in [6.07, 6.45) is 1.53. The second-order valence-electron chi connectivity index (χ2n) is 2.05. The Bertz CT molecular complexity index is 96.0. The lowest BCUT2D eigenvalue weighted by Crippen LogP contribution is -2.44. The fraction of sp³-hybridized carbons (Fsp3) is 1.00. The van der Waals surface area contributed by atoms with Gasteiger partial charge in [0.15, 0.2) is 5.12 Å². The van der Waals surface area contributed by atoms with Crippen LogP contribution in [-0.2, 0) is 0 Å². The first-order valence-corrected chi connectivity index (χ1v) is 2.95. The topological polar surface area (TPSA) is 49.5 Å². The number of hydrogen-bond donors (Lipinski definition) is 2. The summed E-state index contributed by atoms with van der Waals surface area (Å²) in [5.74, 6) is 0. The molecule has 8 heavy (non-hydrogen) atoms. The van der Waals surface area contributed by atoms with Crippen LogP contribution in [-0.4, -0.2) is 21.9 Å². The lowest BCUT2D eigenvalue weighted by atomic mass is 10.3. The van der Waals surface area contributed by atoms with Crippen molar-refractivity contribution in [3.05, 3.63) is 0 Å². The number of halogens is 1. The molecule has 1 heterocycles. The molecule has 0 aromatic heterocycles. The average molecular weight is 137 g/mol. The van der Waals surface area contributed by atoms with E-state index in [2.05, 4.69) is 0 Å². The summed E-state index contributed by atoms with van der Waals surface area (Å²) in [4.78, 5) is 0. The maximum absolute atomic E-state index is 8.83. The van der Waals surface area contributed by atoms with Crippen molar-refractivity contribution in [2.45, 2.75) is 18.0 Å². The fourth-order valence-corrected chi connectivity index (χ4v) is 1.01. The van der Waals surface area contributed by atoms with E-state index in [-0.39, 0.29) is 0 Å². The van der Waals surface area contributed by atoms with Gasteiger partial charge in [0.25, 0.3) is 0 Å². The van der Waals surface area contributed by atoms with Crippen molar-refractivity contribution in [2.24, 2.45) is 5.73 Å². The highest BCUT2D eigenvalue weighted by molar-refractivity contribution is 6.23. The van der Waals surface area contributed by atoms with Gasteiger partial charge < -0.3 is 5.21 Å². The highest BCUT2D eigenvalue weighted by Crippen LogP contribution is 2.25. The van der Waals surface area contributed by atoms with Gasteiger partial charge in [-0.2, -0.15) is 5.06 Å². The van der Waals surface area contributed by atoms with Crippen LogP contribution in [0.3, 0.4) is 0 Å². The molecule has 0 amide bonds. The first kappa shape index (κ1) is 6.29. The van der Waals surface area contributed by atoms with Gasteiger partial charge in [-0.3, -0.25) is 5.73 Å². The predicted octanol–water partition coefficient (Wildman–Crippen LogP) is 0.323. The molecule has 0 spiro atoms. The van der Waals surface area contributed by atoms with Crippen LogP contribution in [0.25, 0.3) is 0 Å². The van der Waals surface area contributed by atoms with Crippen LogP contribution >= 0.6 is 11.6 Å². The smallest absolute Gasteiger partial charge is 0.168 e. The van der Waals surface area contributed by atoms with Gasteiger partial charge >= 0.3 is 0 Å². The Morgan fingerprint density at radius 1 is 1.75 bits per heavy atom. The number of hydroxylamine groups is 2. The number of hydrogen-bond acceptors (Lipinski definition) is 3. The van der Waals surface area contributed by atoms with E-state index in [0.717, 1.165) is 11.5 Å². The van der Waals surface area contributed by atoms with E-state index in [0.29, 0.717) is 13.0 Å². The molecule has 1 atom stereocenters. The minimum absolute atomic E-state index is 0.583. The summed E-state index contributed by atoms with van der Waals surface area (Å²) in [5.41, 5.74) is 5.36. The second-order valence-corrected chi connectivity index (χ2v) is 2.70. The minimum atomic E-state index is -0.986. The van der Waals surface area contributed by atoms with E-state index in [1.807, 2.05) is 0 Å². The molecule has 1 rings (SSSR count). The van der Waals surface area contributed by atoms with Crippen LogP contribution in [0.5, 0.6) is 0 Å². The molecule has 0 aliphatic carbocycles. The highest BCUT2D eigenvalue weighted by Gasteiger charge is 2.33. The van der Waals surface area contributed by atoms with E-state index in [4.69, 9.17) is 22.5 Å². The molecule has 0 saturated carbocycles. The van der Waals surface area contributed by atoms with Crippen molar-refractivity contribution in [1.82, 2.24) is 5.06 Å². The Hall–Kier alpha value is 0.170. The fourth-order valence-electron chi connectivity index (χ4n) is 0.792. The third kappa shape index (κ3) is 0.951. The van der Waals surface area contributed by atoms with Crippen LogP contribution in [0.2, 0.25) is 0 Å². The van der Waals surface area contributed by atoms with E-state index in [9.17, 15) is 0 Å². The van der Waals surface area contributed by atoms with Gasteiger partial charge in [0, 0.05) is 6.54 Å². The Morgan fingerprint density at radius 3 is 2.50 bits per heavy atom. The van der Waals surface area contributed by atoms with Gasteiger partial charge in [0.2, 0.25) is 0 Å². The molecule has 3 N–H and O–H groups in total. The lowest BCUT2D eigenvalue weighted by Gasteiger charge is -2.21. The monoisotopic (exact) mass is 136 g/mol. The van der Waals surface area contributed by atoms with Crippen LogP contribution in [0.4, 0.5) is 0 Å². The number of rotatable bonds is 0. The van der Waals surface area contributed by atoms with E-state index >= 15 is 0 Å². The van der Waals surface area contributed by atoms with Crippen molar-refractivity contribution >= 4 is 11.6 Å². The quantitative estimate of drug-likeness (QED) is 0.373.